The highest BCUT2D eigenvalue weighted by molar-refractivity contribution is 9.10. The molecule has 1 aromatic heterocycles. The van der Waals surface area contributed by atoms with E-state index < -0.39 is 16.1 Å². The quantitative estimate of drug-likeness (QED) is 0.646. The second kappa shape index (κ2) is 8.85. The van der Waals surface area contributed by atoms with Gasteiger partial charge in [-0.15, -0.1) is 0 Å². The average Bonchev–Trinajstić information content (AvgIpc) is 2.88. The Balaban J connectivity index is 1.66. The summed E-state index contributed by atoms with van der Waals surface area (Å²) in [5, 5.41) is 3.75. The summed E-state index contributed by atoms with van der Waals surface area (Å²) in [4.78, 5) is 14.6. The van der Waals surface area contributed by atoms with Crippen LogP contribution in [0.1, 0.15) is 24.8 Å². The van der Waals surface area contributed by atoms with Crippen LogP contribution in [0.2, 0.25) is 0 Å². The number of sulfonamides is 1. The van der Waals surface area contributed by atoms with Crippen LogP contribution in [0.5, 0.6) is 5.75 Å². The van der Waals surface area contributed by atoms with Crippen molar-refractivity contribution >= 4 is 31.9 Å². The molecule has 1 saturated heterocycles. The molecule has 8 nitrogen and oxygen atoms in total. The number of carbonyl (C=O) groups is 1. The Morgan fingerprint density at radius 1 is 1.17 bits per heavy atom. The molecule has 1 atom stereocenters. The van der Waals surface area contributed by atoms with E-state index in [9.17, 15) is 13.2 Å². The van der Waals surface area contributed by atoms with Crippen molar-refractivity contribution < 1.29 is 22.5 Å². The molecule has 1 aliphatic rings. The van der Waals surface area contributed by atoms with E-state index in [0.29, 0.717) is 37.5 Å². The number of ether oxygens (including phenoxy) is 1. The molecule has 0 radical (unpaired) electrons. The summed E-state index contributed by atoms with van der Waals surface area (Å²) < 4.78 is 39.1. The van der Waals surface area contributed by atoms with Gasteiger partial charge in [0.05, 0.1) is 0 Å². The van der Waals surface area contributed by atoms with E-state index in [2.05, 4.69) is 21.1 Å². The molecule has 2 heterocycles. The van der Waals surface area contributed by atoms with E-state index >= 15 is 0 Å². The fraction of sp³-hybridized carbons (Fsp3) is 0.474. The summed E-state index contributed by atoms with van der Waals surface area (Å²) >= 11 is 3.36. The van der Waals surface area contributed by atoms with Crippen LogP contribution in [-0.4, -0.2) is 61.0 Å². The largest absolute Gasteiger partial charge is 0.481 e. The number of aromatic nitrogens is 1. The monoisotopic (exact) mass is 485 g/mol. The highest BCUT2D eigenvalue weighted by Crippen LogP contribution is 2.24. The summed E-state index contributed by atoms with van der Waals surface area (Å²) in [7, 11) is -3.72. The van der Waals surface area contributed by atoms with E-state index in [1.807, 2.05) is 12.1 Å². The Morgan fingerprint density at radius 3 is 2.48 bits per heavy atom. The second-order valence-electron chi connectivity index (χ2n) is 6.95. The normalized spacial score (nSPS) is 17.0. The third-order valence-corrected chi connectivity index (χ3v) is 7.48. The SMILES string of the molecule is Cc1noc(C)c1S(=O)(=O)N1CCCN(C(=O)C(C)Oc2ccc(Br)cc2)CC1. The van der Waals surface area contributed by atoms with Gasteiger partial charge in [0, 0.05) is 30.7 Å². The molecule has 0 spiro atoms. The molecule has 1 amide bonds. The van der Waals surface area contributed by atoms with Crippen molar-refractivity contribution in [3.8, 4) is 5.75 Å². The van der Waals surface area contributed by atoms with Crippen LogP contribution in [0.25, 0.3) is 0 Å². The summed E-state index contributed by atoms with van der Waals surface area (Å²) in [6, 6.07) is 7.26. The Kier molecular flexibility index (Phi) is 6.65. The first kappa shape index (κ1) is 21.8. The van der Waals surface area contributed by atoms with Gasteiger partial charge in [-0.25, -0.2) is 8.42 Å². The lowest BCUT2D eigenvalue weighted by molar-refractivity contribution is -0.137. The van der Waals surface area contributed by atoms with Crippen LogP contribution >= 0.6 is 15.9 Å². The highest BCUT2D eigenvalue weighted by Gasteiger charge is 2.33. The maximum atomic E-state index is 13.0. The molecular formula is C19H24BrN3O5S. The minimum atomic E-state index is -3.72. The van der Waals surface area contributed by atoms with Gasteiger partial charge in [0.15, 0.2) is 11.9 Å². The smallest absolute Gasteiger partial charge is 0.263 e. The molecule has 1 aliphatic heterocycles. The first-order valence-corrected chi connectivity index (χ1v) is 11.6. The van der Waals surface area contributed by atoms with Gasteiger partial charge in [0.2, 0.25) is 10.0 Å². The maximum absolute atomic E-state index is 13.0. The summed E-state index contributed by atoms with van der Waals surface area (Å²) in [5.41, 5.74) is 0.344. The van der Waals surface area contributed by atoms with Gasteiger partial charge in [-0.1, -0.05) is 21.1 Å². The van der Waals surface area contributed by atoms with Crippen molar-refractivity contribution in [1.29, 1.82) is 0 Å². The lowest BCUT2D eigenvalue weighted by atomic mass is 10.3. The zero-order chi connectivity index (χ0) is 21.2. The highest BCUT2D eigenvalue weighted by atomic mass is 79.9. The Morgan fingerprint density at radius 2 is 1.86 bits per heavy atom. The molecule has 1 aromatic carbocycles. The molecular weight excluding hydrogens is 462 g/mol. The molecule has 2 aromatic rings. The molecule has 158 valence electrons. The standard InChI is InChI=1S/C19H24BrN3O5S/c1-13-18(14(2)28-21-13)29(25,26)23-10-4-9-22(11-12-23)19(24)15(3)27-17-7-5-16(20)6-8-17/h5-8,15H,4,9-12H2,1-3H3. The number of carbonyl (C=O) groups excluding carboxylic acids is 1. The van der Waals surface area contributed by atoms with Crippen LogP contribution in [0, 0.1) is 13.8 Å². The predicted octanol–water partition coefficient (Wildman–Crippen LogP) is 2.74. The van der Waals surface area contributed by atoms with Crippen molar-refractivity contribution in [2.45, 2.75) is 38.2 Å². The van der Waals surface area contributed by atoms with Gasteiger partial charge in [-0.3, -0.25) is 4.79 Å². The fourth-order valence-corrected chi connectivity index (χ4v) is 5.38. The van der Waals surface area contributed by atoms with Gasteiger partial charge in [-0.2, -0.15) is 4.31 Å². The van der Waals surface area contributed by atoms with Crippen LogP contribution in [-0.2, 0) is 14.8 Å². The number of hydrogen-bond acceptors (Lipinski definition) is 6. The third kappa shape index (κ3) is 4.81. The summed E-state index contributed by atoms with van der Waals surface area (Å²) in [6.45, 7) is 6.21. The van der Waals surface area contributed by atoms with Crippen LogP contribution in [0.3, 0.4) is 0 Å². The molecule has 29 heavy (non-hydrogen) atoms. The average molecular weight is 486 g/mol. The van der Waals surface area contributed by atoms with Crippen LogP contribution < -0.4 is 4.74 Å². The lowest BCUT2D eigenvalue weighted by Crippen LogP contribution is -2.43. The predicted molar refractivity (Wildman–Crippen MR) is 110 cm³/mol. The number of halogens is 1. The van der Waals surface area contributed by atoms with Gasteiger partial charge in [0.25, 0.3) is 5.91 Å². The second-order valence-corrected chi connectivity index (χ2v) is 9.74. The molecule has 0 bridgehead atoms. The fourth-order valence-electron chi connectivity index (χ4n) is 3.35. The van der Waals surface area contributed by atoms with E-state index in [4.69, 9.17) is 9.26 Å². The van der Waals surface area contributed by atoms with Gasteiger partial charge in [-0.05, 0) is 51.5 Å². The molecule has 1 fully saturated rings. The molecule has 0 N–H and O–H groups in total. The topological polar surface area (TPSA) is 93.0 Å². The third-order valence-electron chi connectivity index (χ3n) is 4.81. The van der Waals surface area contributed by atoms with Crippen molar-refractivity contribution in [1.82, 2.24) is 14.4 Å². The lowest BCUT2D eigenvalue weighted by Gasteiger charge is -2.25. The zero-order valence-electron chi connectivity index (χ0n) is 16.6. The van der Waals surface area contributed by atoms with E-state index in [-0.39, 0.29) is 23.1 Å². The molecule has 0 saturated carbocycles. The van der Waals surface area contributed by atoms with Crippen molar-refractivity contribution in [2.24, 2.45) is 0 Å². The minimum absolute atomic E-state index is 0.115. The van der Waals surface area contributed by atoms with Crippen molar-refractivity contribution in [2.75, 3.05) is 26.2 Å². The number of hydrogen-bond donors (Lipinski definition) is 0. The number of aryl methyl sites for hydroxylation is 2. The molecule has 3 rings (SSSR count). The molecule has 0 aliphatic carbocycles. The van der Waals surface area contributed by atoms with Crippen molar-refractivity contribution in [3.05, 3.63) is 40.2 Å². The summed E-state index contributed by atoms with van der Waals surface area (Å²) in [5.74, 6) is 0.715. The number of benzene rings is 1. The minimum Gasteiger partial charge on any atom is -0.481 e. The van der Waals surface area contributed by atoms with E-state index in [0.717, 1.165) is 4.47 Å². The van der Waals surface area contributed by atoms with Gasteiger partial charge >= 0.3 is 0 Å². The molecule has 10 heteroatoms. The van der Waals surface area contributed by atoms with Crippen LogP contribution in [0.4, 0.5) is 0 Å². The van der Waals surface area contributed by atoms with E-state index in [1.165, 1.54) is 4.31 Å². The Hall–Kier alpha value is -1.91. The maximum Gasteiger partial charge on any atom is 0.263 e. The first-order valence-electron chi connectivity index (χ1n) is 9.34. The Labute approximate surface area is 179 Å². The van der Waals surface area contributed by atoms with Crippen molar-refractivity contribution in [3.63, 3.8) is 0 Å². The number of nitrogens with zero attached hydrogens (tertiary/aromatic N) is 3. The number of amides is 1. The first-order chi connectivity index (χ1) is 13.7. The summed E-state index contributed by atoms with van der Waals surface area (Å²) in [6.07, 6.45) is -0.124. The van der Waals surface area contributed by atoms with Gasteiger partial charge < -0.3 is 14.2 Å². The zero-order valence-corrected chi connectivity index (χ0v) is 19.0. The van der Waals surface area contributed by atoms with Gasteiger partial charge in [0.1, 0.15) is 16.3 Å². The van der Waals surface area contributed by atoms with E-state index in [1.54, 1.807) is 37.8 Å². The number of rotatable bonds is 5. The molecule has 1 unspecified atom stereocenters. The van der Waals surface area contributed by atoms with Crippen LogP contribution in [0.15, 0.2) is 38.2 Å². The Bertz CT molecular complexity index is 955.